The van der Waals surface area contributed by atoms with Crippen molar-refractivity contribution in [2.45, 2.75) is 13.3 Å². The fraction of sp³-hybridized carbons (Fsp3) is 0.375. The summed E-state index contributed by atoms with van der Waals surface area (Å²) in [5.41, 5.74) is 4.93. The van der Waals surface area contributed by atoms with Crippen LogP contribution in [0, 0.1) is 0 Å². The molecule has 0 saturated carbocycles. The lowest BCUT2D eigenvalue weighted by molar-refractivity contribution is -0.134. The van der Waals surface area contributed by atoms with Crippen LogP contribution in [0.2, 0.25) is 0 Å². The molecular formula is C8H15NO4. The van der Waals surface area contributed by atoms with Crippen molar-refractivity contribution in [3.8, 4) is 0 Å². The van der Waals surface area contributed by atoms with E-state index in [-0.39, 0.29) is 19.3 Å². The van der Waals surface area contributed by atoms with Crippen LogP contribution in [0.3, 0.4) is 0 Å². The number of ketones is 1. The zero-order valence-corrected chi connectivity index (χ0v) is 7.66. The van der Waals surface area contributed by atoms with Crippen molar-refractivity contribution >= 4 is 18.0 Å². The number of carboxylic acids is 1. The molecule has 0 fully saturated rings. The molecule has 0 heterocycles. The largest absolute Gasteiger partial charge is 0.481 e. The zero-order valence-electron chi connectivity index (χ0n) is 7.66. The van der Waals surface area contributed by atoms with E-state index in [0.29, 0.717) is 0 Å². The first kappa shape index (κ1) is 17.6. The third kappa shape index (κ3) is 61.8. The highest BCUT2D eigenvalue weighted by molar-refractivity contribution is 6.24. The van der Waals surface area contributed by atoms with Crippen molar-refractivity contribution in [1.29, 1.82) is 0 Å². The normalized spacial score (nSPS) is 6.62. The van der Waals surface area contributed by atoms with Gasteiger partial charge < -0.3 is 10.8 Å². The van der Waals surface area contributed by atoms with E-state index in [0.717, 1.165) is 6.92 Å². The molecule has 0 unspecified atom stereocenters. The first-order chi connectivity index (χ1) is 6.04. The van der Waals surface area contributed by atoms with Crippen LogP contribution in [0.25, 0.3) is 0 Å². The highest BCUT2D eigenvalue weighted by atomic mass is 16.4. The maximum atomic E-state index is 9.96. The number of carboxylic acid groups (broad SMARTS) is 1. The lowest BCUT2D eigenvalue weighted by Gasteiger charge is -1.80. The van der Waals surface area contributed by atoms with Gasteiger partial charge in [0.25, 0.3) is 5.97 Å². The van der Waals surface area contributed by atoms with E-state index in [1.54, 1.807) is 0 Å². The number of hydrogen-bond acceptors (Lipinski definition) is 4. The maximum absolute atomic E-state index is 9.96. The van der Waals surface area contributed by atoms with Crippen LogP contribution in [0.4, 0.5) is 0 Å². The summed E-state index contributed by atoms with van der Waals surface area (Å²) in [5.74, 6) is -1.26. The van der Waals surface area contributed by atoms with Gasteiger partial charge in [0.05, 0.1) is 0 Å². The van der Waals surface area contributed by atoms with Gasteiger partial charge in [-0.25, -0.2) is 0 Å². The number of rotatable bonds is 3. The minimum atomic E-state index is -0.833. The second-order valence-electron chi connectivity index (χ2n) is 1.64. The van der Waals surface area contributed by atoms with Crippen LogP contribution < -0.4 is 5.73 Å². The Morgan fingerprint density at radius 2 is 1.77 bits per heavy atom. The molecule has 0 spiro atoms. The van der Waals surface area contributed by atoms with Crippen LogP contribution in [-0.4, -0.2) is 29.7 Å². The molecule has 0 rings (SSSR count). The lowest BCUT2D eigenvalue weighted by Crippen LogP contribution is -2.07. The van der Waals surface area contributed by atoms with Gasteiger partial charge in [0, 0.05) is 13.3 Å². The molecule has 0 aliphatic heterocycles. The summed E-state index contributed by atoms with van der Waals surface area (Å²) >= 11 is 0. The third-order valence-electron chi connectivity index (χ3n) is 0.522. The third-order valence-corrected chi connectivity index (χ3v) is 0.522. The van der Waals surface area contributed by atoms with Crippen molar-refractivity contribution in [3.05, 3.63) is 13.2 Å². The summed E-state index contributed by atoms with van der Waals surface area (Å²) in [6.45, 7) is 7.34. The summed E-state index contributed by atoms with van der Waals surface area (Å²) in [5, 5.41) is 7.42. The Hall–Kier alpha value is -1.49. The quantitative estimate of drug-likeness (QED) is 0.370. The smallest absolute Gasteiger partial charge is 0.300 e. The second-order valence-corrected chi connectivity index (χ2v) is 1.64. The van der Waals surface area contributed by atoms with Gasteiger partial charge in [-0.1, -0.05) is 0 Å². The predicted molar refractivity (Wildman–Crippen MR) is 49.3 cm³/mol. The summed E-state index contributed by atoms with van der Waals surface area (Å²) in [4.78, 5) is 28.5. The minimum absolute atomic E-state index is 0.170. The van der Waals surface area contributed by atoms with Crippen molar-refractivity contribution < 1.29 is 19.5 Å². The van der Waals surface area contributed by atoms with Crippen molar-refractivity contribution in [2.24, 2.45) is 5.73 Å². The summed E-state index contributed by atoms with van der Waals surface area (Å²) < 4.78 is 0. The van der Waals surface area contributed by atoms with Gasteiger partial charge >= 0.3 is 0 Å². The molecule has 3 N–H and O–H groups in total. The van der Waals surface area contributed by atoms with E-state index in [1.165, 1.54) is 0 Å². The highest BCUT2D eigenvalue weighted by Gasteiger charge is 1.92. The molecular weight excluding hydrogens is 174 g/mol. The maximum Gasteiger partial charge on any atom is 0.300 e. The van der Waals surface area contributed by atoms with Crippen molar-refractivity contribution in [3.63, 3.8) is 0 Å². The van der Waals surface area contributed by atoms with Crippen LogP contribution in [0.15, 0.2) is 13.2 Å². The van der Waals surface area contributed by atoms with Crippen molar-refractivity contribution in [2.75, 3.05) is 6.54 Å². The second kappa shape index (κ2) is 16.9. The van der Waals surface area contributed by atoms with Crippen LogP contribution in [-0.2, 0) is 14.4 Å². The monoisotopic (exact) mass is 189 g/mol. The molecule has 0 amide bonds. The van der Waals surface area contributed by atoms with E-state index in [1.807, 2.05) is 0 Å². The number of aldehydes is 1. The first-order valence-electron chi connectivity index (χ1n) is 3.42. The van der Waals surface area contributed by atoms with Gasteiger partial charge in [-0.3, -0.25) is 14.4 Å². The van der Waals surface area contributed by atoms with Gasteiger partial charge in [-0.15, -0.1) is 13.2 Å². The summed E-state index contributed by atoms with van der Waals surface area (Å²) in [6, 6.07) is 0. The number of carbonyl (C=O) groups is 3. The average molecular weight is 189 g/mol. The molecule has 0 aliphatic carbocycles. The predicted octanol–water partition coefficient (Wildman–Crippen LogP) is -0.00370. The molecule has 5 heteroatoms. The molecule has 0 bridgehead atoms. The molecule has 13 heavy (non-hydrogen) atoms. The van der Waals surface area contributed by atoms with E-state index in [2.05, 4.69) is 13.2 Å². The van der Waals surface area contributed by atoms with E-state index in [4.69, 9.17) is 15.6 Å². The number of carbonyl (C=O) groups excluding carboxylic acids is 2. The molecule has 0 aliphatic rings. The van der Waals surface area contributed by atoms with Crippen LogP contribution in [0.5, 0.6) is 0 Å². The van der Waals surface area contributed by atoms with E-state index >= 15 is 0 Å². The topological polar surface area (TPSA) is 97.5 Å². The average Bonchev–Trinajstić information content (AvgIpc) is 2.07. The Morgan fingerprint density at radius 3 is 1.85 bits per heavy atom. The van der Waals surface area contributed by atoms with Gasteiger partial charge in [-0.05, 0) is 6.54 Å². The molecule has 0 atom stereocenters. The number of nitrogens with two attached hydrogens (primary N) is 1. The molecule has 0 aromatic heterocycles. The number of hydrogen-bond donors (Lipinski definition) is 2. The number of Topliss-reactive ketones (excluding diaryl/α,β-unsaturated/α-hetero) is 1. The SMILES string of the molecule is C=C.CC(=O)O.NCCC(=O)C=O. The molecule has 0 radical (unpaired) electrons. The Morgan fingerprint density at radius 1 is 1.46 bits per heavy atom. The van der Waals surface area contributed by atoms with Gasteiger partial charge in [-0.2, -0.15) is 0 Å². The zero-order chi connectivity index (χ0) is 11.3. The fourth-order valence-corrected chi connectivity index (χ4v) is 0.201. The van der Waals surface area contributed by atoms with Crippen LogP contribution >= 0.6 is 0 Å². The Kier molecular flexibility index (Phi) is 22.8. The Balaban J connectivity index is -0.000000142. The standard InChI is InChI=1S/C4H7NO2.C2H4O2.C2H4/c5-2-1-4(7)3-6;1-2(3)4;1-2/h3H,1-2,5H2;1H3,(H,3,4);1-2H2. The molecule has 5 nitrogen and oxygen atoms in total. The van der Waals surface area contributed by atoms with Crippen molar-refractivity contribution in [1.82, 2.24) is 0 Å². The van der Waals surface area contributed by atoms with Gasteiger partial charge in [0.15, 0.2) is 12.1 Å². The van der Waals surface area contributed by atoms with Gasteiger partial charge in [0.2, 0.25) is 0 Å². The van der Waals surface area contributed by atoms with Gasteiger partial charge in [0.1, 0.15) is 0 Å². The Labute approximate surface area is 77.2 Å². The fourth-order valence-electron chi connectivity index (χ4n) is 0.201. The van der Waals surface area contributed by atoms with E-state index < -0.39 is 11.8 Å². The highest BCUT2D eigenvalue weighted by Crippen LogP contribution is 1.70. The molecule has 76 valence electrons. The Bertz CT molecular complexity index is 152. The molecule has 0 saturated heterocycles. The molecule has 0 aromatic rings. The van der Waals surface area contributed by atoms with E-state index in [9.17, 15) is 9.59 Å². The first-order valence-corrected chi connectivity index (χ1v) is 3.42. The molecule has 0 aromatic carbocycles. The lowest BCUT2D eigenvalue weighted by atomic mass is 10.3. The van der Waals surface area contributed by atoms with Crippen LogP contribution in [0.1, 0.15) is 13.3 Å². The number of aliphatic carboxylic acids is 1. The minimum Gasteiger partial charge on any atom is -0.481 e. The summed E-state index contributed by atoms with van der Waals surface area (Å²) in [7, 11) is 0. The summed E-state index contributed by atoms with van der Waals surface area (Å²) in [6.07, 6.45) is 0.455.